The summed E-state index contributed by atoms with van der Waals surface area (Å²) in [5.74, 6) is -0.387. The summed E-state index contributed by atoms with van der Waals surface area (Å²) in [6.45, 7) is 0. The predicted octanol–water partition coefficient (Wildman–Crippen LogP) is 5.10. The number of benzene rings is 1. The molecular weight excluding hydrogens is 487 g/mol. The molecule has 2 rings (SSSR count). The molecule has 0 aliphatic carbocycles. The molecule has 0 fully saturated rings. The molecule has 0 atom stereocenters. The number of hydrogen-bond donors (Lipinski definition) is 1. The van der Waals surface area contributed by atoms with Gasteiger partial charge in [0.05, 0.1) is 16.5 Å². The van der Waals surface area contributed by atoms with Crippen molar-refractivity contribution in [1.82, 2.24) is 0 Å². The molecule has 0 unspecified atom stereocenters. The van der Waals surface area contributed by atoms with Gasteiger partial charge in [-0.15, -0.1) is 11.3 Å². The van der Waals surface area contributed by atoms with Crippen LogP contribution in [0.3, 0.4) is 0 Å². The smallest absolute Gasteiger partial charge is 0.420 e. The van der Waals surface area contributed by atoms with Crippen molar-refractivity contribution in [2.45, 2.75) is 10.4 Å². The summed E-state index contributed by atoms with van der Waals surface area (Å²) < 4.78 is 71.2. The number of nitrogens with one attached hydrogen (secondary N) is 1. The van der Waals surface area contributed by atoms with Gasteiger partial charge in [0.15, 0.2) is 0 Å². The highest BCUT2D eigenvalue weighted by atomic mass is 79.9. The largest absolute Gasteiger partial charge is 0.496 e. The van der Waals surface area contributed by atoms with Crippen LogP contribution in [0.15, 0.2) is 36.7 Å². The molecule has 2 aromatic rings. The minimum atomic E-state index is -4.66. The molecule has 0 aliphatic rings. The Morgan fingerprint density at radius 1 is 1.22 bits per heavy atom. The maximum absolute atomic E-state index is 13.0. The highest BCUT2D eigenvalue weighted by molar-refractivity contribution is 9.13. The van der Waals surface area contributed by atoms with Crippen LogP contribution in [0, 0.1) is 0 Å². The Labute approximate surface area is 151 Å². The Balaban J connectivity index is 2.40. The first-order chi connectivity index (χ1) is 10.5. The molecule has 0 aliphatic heterocycles. The molecule has 1 heterocycles. The van der Waals surface area contributed by atoms with E-state index in [0.717, 1.165) is 24.5 Å². The van der Waals surface area contributed by atoms with Crippen LogP contribution >= 0.6 is 43.2 Å². The van der Waals surface area contributed by atoms with Crippen LogP contribution in [-0.2, 0) is 16.2 Å². The summed E-state index contributed by atoms with van der Waals surface area (Å²) in [6.07, 6.45) is -4.66. The highest BCUT2D eigenvalue weighted by Crippen LogP contribution is 2.39. The Hall–Kier alpha value is -0.780. The molecule has 0 radical (unpaired) electrons. The van der Waals surface area contributed by atoms with Crippen LogP contribution in [0.2, 0.25) is 0 Å². The molecule has 0 amide bonds. The average Bonchev–Trinajstić information content (AvgIpc) is 2.78. The summed E-state index contributed by atoms with van der Waals surface area (Å²) in [5.41, 5.74) is -1.27. The Bertz CT molecular complexity index is 815. The van der Waals surface area contributed by atoms with Crippen LogP contribution in [-0.4, -0.2) is 15.5 Å². The number of hydrogen-bond acceptors (Lipinski definition) is 4. The van der Waals surface area contributed by atoms with Crippen LogP contribution in [0.25, 0.3) is 0 Å². The van der Waals surface area contributed by atoms with E-state index >= 15 is 0 Å². The van der Waals surface area contributed by atoms with Crippen LogP contribution in [0.1, 0.15) is 5.56 Å². The van der Waals surface area contributed by atoms with Gasteiger partial charge in [-0.3, -0.25) is 4.72 Å². The van der Waals surface area contributed by atoms with Crippen LogP contribution in [0.5, 0.6) is 5.75 Å². The molecule has 0 spiro atoms. The third-order valence-electron chi connectivity index (χ3n) is 2.64. The molecule has 4 nitrogen and oxygen atoms in total. The van der Waals surface area contributed by atoms with E-state index in [0.29, 0.717) is 14.3 Å². The topological polar surface area (TPSA) is 55.4 Å². The Kier molecular flexibility index (Phi) is 5.34. The third kappa shape index (κ3) is 4.20. The Morgan fingerprint density at radius 3 is 2.35 bits per heavy atom. The standard InChI is InChI=1S/C12H8Br2F3NO3S2/c1-21-9-3-2-6(4-7(9)12(15,16)17)18-23(19,20)10-5-8(13)11(14)22-10/h2-5,18H,1H3. The zero-order valence-corrected chi connectivity index (χ0v) is 16.0. The molecule has 1 aromatic heterocycles. The molecule has 1 aromatic carbocycles. The molecule has 0 saturated carbocycles. The molecule has 0 bridgehead atoms. The van der Waals surface area contributed by atoms with Gasteiger partial charge < -0.3 is 4.74 Å². The lowest BCUT2D eigenvalue weighted by atomic mass is 10.1. The maximum Gasteiger partial charge on any atom is 0.420 e. The van der Waals surface area contributed by atoms with Gasteiger partial charge in [0.1, 0.15) is 9.96 Å². The van der Waals surface area contributed by atoms with Crippen molar-refractivity contribution >= 4 is 58.9 Å². The van der Waals surface area contributed by atoms with Crippen molar-refractivity contribution in [2.24, 2.45) is 0 Å². The van der Waals surface area contributed by atoms with E-state index in [9.17, 15) is 21.6 Å². The summed E-state index contributed by atoms with van der Waals surface area (Å²) >= 11 is 7.25. The third-order valence-corrected chi connectivity index (χ3v) is 7.76. The van der Waals surface area contributed by atoms with Gasteiger partial charge in [0.2, 0.25) is 0 Å². The van der Waals surface area contributed by atoms with Gasteiger partial charge in [-0.05, 0) is 56.1 Å². The quantitative estimate of drug-likeness (QED) is 0.643. The number of halogens is 5. The lowest BCUT2D eigenvalue weighted by Crippen LogP contribution is -2.13. The van der Waals surface area contributed by atoms with E-state index < -0.39 is 21.8 Å². The van der Waals surface area contributed by atoms with Crippen molar-refractivity contribution < 1.29 is 26.3 Å². The van der Waals surface area contributed by atoms with Crippen LogP contribution < -0.4 is 9.46 Å². The molecule has 23 heavy (non-hydrogen) atoms. The number of sulfonamides is 1. The van der Waals surface area contributed by atoms with E-state index in [1.807, 2.05) is 0 Å². The van der Waals surface area contributed by atoms with E-state index in [1.54, 1.807) is 0 Å². The van der Waals surface area contributed by atoms with E-state index in [4.69, 9.17) is 0 Å². The fourth-order valence-electron chi connectivity index (χ4n) is 1.66. The number of methoxy groups -OCH3 is 1. The SMILES string of the molecule is COc1ccc(NS(=O)(=O)c2cc(Br)c(Br)s2)cc1C(F)(F)F. The zero-order valence-electron chi connectivity index (χ0n) is 11.2. The fraction of sp³-hybridized carbons (Fsp3) is 0.167. The molecule has 0 saturated heterocycles. The number of alkyl halides is 3. The van der Waals surface area contributed by atoms with Gasteiger partial charge in [-0.25, -0.2) is 8.42 Å². The van der Waals surface area contributed by atoms with Gasteiger partial charge in [-0.2, -0.15) is 13.2 Å². The lowest BCUT2D eigenvalue weighted by molar-refractivity contribution is -0.138. The van der Waals surface area contributed by atoms with Gasteiger partial charge in [0.25, 0.3) is 10.0 Å². The van der Waals surface area contributed by atoms with Crippen molar-refractivity contribution in [1.29, 1.82) is 0 Å². The number of anilines is 1. The minimum Gasteiger partial charge on any atom is -0.496 e. The maximum atomic E-state index is 13.0. The summed E-state index contributed by atoms with van der Waals surface area (Å²) in [6, 6.07) is 4.30. The van der Waals surface area contributed by atoms with Gasteiger partial charge >= 0.3 is 6.18 Å². The number of thiophene rings is 1. The first kappa shape index (κ1) is 18.6. The second kappa shape index (κ2) is 6.61. The highest BCUT2D eigenvalue weighted by Gasteiger charge is 2.35. The average molecular weight is 495 g/mol. The lowest BCUT2D eigenvalue weighted by Gasteiger charge is -2.14. The minimum absolute atomic E-state index is 0.0411. The second-order valence-electron chi connectivity index (χ2n) is 4.21. The molecule has 11 heteroatoms. The van der Waals surface area contributed by atoms with Gasteiger partial charge in [0, 0.05) is 10.2 Å². The monoisotopic (exact) mass is 493 g/mol. The first-order valence-electron chi connectivity index (χ1n) is 5.77. The van der Waals surface area contributed by atoms with Crippen molar-refractivity contribution in [2.75, 3.05) is 11.8 Å². The second-order valence-corrected chi connectivity index (χ2v) is 9.34. The Morgan fingerprint density at radius 2 is 1.87 bits per heavy atom. The molecular formula is C12H8Br2F3NO3S2. The summed E-state index contributed by atoms with van der Waals surface area (Å²) in [5, 5.41) is 0. The normalized spacial score (nSPS) is 12.3. The predicted molar refractivity (Wildman–Crippen MR) is 88.5 cm³/mol. The van der Waals surface area contributed by atoms with E-state index in [-0.39, 0.29) is 15.6 Å². The summed E-state index contributed by atoms with van der Waals surface area (Å²) in [4.78, 5) is 0. The summed E-state index contributed by atoms with van der Waals surface area (Å²) in [7, 11) is -2.89. The molecule has 1 N–H and O–H groups in total. The van der Waals surface area contributed by atoms with Crippen molar-refractivity contribution in [3.63, 3.8) is 0 Å². The number of rotatable bonds is 4. The molecule has 126 valence electrons. The van der Waals surface area contributed by atoms with E-state index in [2.05, 4.69) is 41.3 Å². The van der Waals surface area contributed by atoms with Crippen LogP contribution in [0.4, 0.5) is 18.9 Å². The fourth-order valence-corrected chi connectivity index (χ4v) is 5.53. The first-order valence-corrected chi connectivity index (χ1v) is 9.66. The van der Waals surface area contributed by atoms with E-state index in [1.165, 1.54) is 12.1 Å². The van der Waals surface area contributed by atoms with Crippen molar-refractivity contribution in [3.8, 4) is 5.75 Å². The number of ether oxygens (including phenoxy) is 1. The zero-order chi connectivity index (χ0) is 17.4. The van der Waals surface area contributed by atoms with Crippen molar-refractivity contribution in [3.05, 3.63) is 38.1 Å². The van der Waals surface area contributed by atoms with Gasteiger partial charge in [-0.1, -0.05) is 0 Å².